The number of para-hydroxylation sites is 2. The Morgan fingerprint density at radius 2 is 1.77 bits per heavy atom. The van der Waals surface area contributed by atoms with Crippen molar-refractivity contribution in [2.45, 2.75) is 38.5 Å². The summed E-state index contributed by atoms with van der Waals surface area (Å²) in [5, 5.41) is 6.44. The smallest absolute Gasteiger partial charge is 0.336 e. The van der Waals surface area contributed by atoms with Crippen molar-refractivity contribution < 1.29 is 27.2 Å². The number of anilines is 2. The first-order valence-corrected chi connectivity index (χ1v) is 14.8. The second-order valence-electron chi connectivity index (χ2n) is 9.72. The first-order valence-electron chi connectivity index (χ1n) is 12.4. The fourth-order valence-electron chi connectivity index (χ4n) is 4.67. The number of fused-ring (bicyclic) bond motifs is 2. The number of sulfone groups is 1. The molecule has 3 atom stereocenters. The van der Waals surface area contributed by atoms with Crippen molar-refractivity contribution in [1.29, 1.82) is 0 Å². The van der Waals surface area contributed by atoms with Crippen molar-refractivity contribution in [1.82, 2.24) is 10.6 Å². The van der Waals surface area contributed by atoms with E-state index in [1.165, 1.54) is 21.9 Å². The third kappa shape index (κ3) is 6.03. The second-order valence-corrected chi connectivity index (χ2v) is 12.3. The number of carbonyl (C=O) groups excluding carboxylic acids is 3. The molecular formula is C27H29ClN4O7S. The van der Waals surface area contributed by atoms with Crippen molar-refractivity contribution >= 4 is 61.5 Å². The summed E-state index contributed by atoms with van der Waals surface area (Å²) in [7, 11) is -2.13. The first-order chi connectivity index (χ1) is 18.8. The van der Waals surface area contributed by atoms with Crippen LogP contribution in [0.4, 0.5) is 11.4 Å². The number of benzene rings is 2. The van der Waals surface area contributed by atoms with Gasteiger partial charge in [0.15, 0.2) is 9.84 Å². The van der Waals surface area contributed by atoms with Crippen molar-refractivity contribution in [3.63, 3.8) is 0 Å². The van der Waals surface area contributed by atoms with Crippen molar-refractivity contribution in [2.24, 2.45) is 0 Å². The van der Waals surface area contributed by atoms with Gasteiger partial charge in [0.2, 0.25) is 11.8 Å². The number of nitrogens with one attached hydrogen (secondary N) is 2. The molecule has 0 saturated heterocycles. The first kappa shape index (κ1) is 29.2. The van der Waals surface area contributed by atoms with Gasteiger partial charge >= 0.3 is 5.63 Å². The summed E-state index contributed by atoms with van der Waals surface area (Å²) >= 11 is 6.09. The third-order valence-electron chi connectivity index (χ3n) is 6.75. The van der Waals surface area contributed by atoms with Crippen LogP contribution in [-0.2, 0) is 30.8 Å². The van der Waals surface area contributed by atoms with Gasteiger partial charge in [0.05, 0.1) is 30.0 Å². The van der Waals surface area contributed by atoms with Crippen LogP contribution < -0.4 is 26.1 Å². The highest BCUT2D eigenvalue weighted by molar-refractivity contribution is 7.91. The lowest BCUT2D eigenvalue weighted by molar-refractivity contribution is -0.129. The van der Waals surface area contributed by atoms with Crippen molar-refractivity contribution in [2.75, 3.05) is 28.9 Å². The van der Waals surface area contributed by atoms with E-state index in [0.29, 0.717) is 21.7 Å². The van der Waals surface area contributed by atoms with Crippen LogP contribution in [0.15, 0.2) is 57.7 Å². The average Bonchev–Trinajstić information content (AvgIpc) is 2.95. The van der Waals surface area contributed by atoms with Crippen LogP contribution in [0.3, 0.4) is 0 Å². The fraction of sp³-hybridized carbons (Fsp3) is 0.333. The predicted molar refractivity (Wildman–Crippen MR) is 152 cm³/mol. The molecule has 2 aromatic carbocycles. The maximum absolute atomic E-state index is 14.2. The number of likely N-dealkylation sites (N-methyl/N-ethyl adjacent to an activating group) is 1. The van der Waals surface area contributed by atoms with Crippen LogP contribution in [0.2, 0.25) is 5.02 Å². The van der Waals surface area contributed by atoms with E-state index in [2.05, 4.69) is 10.6 Å². The molecule has 11 nitrogen and oxygen atoms in total. The lowest BCUT2D eigenvalue weighted by atomic mass is 10.1. The Morgan fingerprint density at radius 3 is 2.42 bits per heavy atom. The van der Waals surface area contributed by atoms with Crippen LogP contribution in [0, 0.1) is 0 Å². The molecule has 1 aromatic heterocycles. The number of amides is 3. The molecular weight excluding hydrogens is 560 g/mol. The van der Waals surface area contributed by atoms with E-state index in [1.807, 2.05) is 0 Å². The highest BCUT2D eigenvalue weighted by Crippen LogP contribution is 2.37. The molecule has 0 saturated carbocycles. The van der Waals surface area contributed by atoms with E-state index in [-0.39, 0.29) is 17.8 Å². The Kier molecular flexibility index (Phi) is 8.33. The normalized spacial score (nSPS) is 18.3. The molecule has 212 valence electrons. The number of rotatable bonds is 7. The fourth-order valence-corrected chi connectivity index (χ4v) is 5.42. The van der Waals surface area contributed by atoms with Gasteiger partial charge < -0.3 is 24.9 Å². The minimum absolute atomic E-state index is 0.117. The van der Waals surface area contributed by atoms with Crippen LogP contribution >= 0.6 is 11.6 Å². The summed E-state index contributed by atoms with van der Waals surface area (Å²) in [4.78, 5) is 55.6. The van der Waals surface area contributed by atoms with E-state index < -0.39 is 57.1 Å². The maximum atomic E-state index is 14.2. The van der Waals surface area contributed by atoms with E-state index in [1.54, 1.807) is 57.3 Å². The zero-order valence-electron chi connectivity index (χ0n) is 22.3. The molecule has 0 radical (unpaired) electrons. The summed E-state index contributed by atoms with van der Waals surface area (Å²) in [6, 6.07) is 9.73. The van der Waals surface area contributed by atoms with Gasteiger partial charge in [-0.2, -0.15) is 0 Å². The SMILES string of the molecule is CNC(C)C(=O)NC1C(=O)N(Cc2cc(=O)oc3cc(Cl)ccc23)c2ccccc2N(C(=O)CS(C)(=O)=O)C1C. The van der Waals surface area contributed by atoms with E-state index >= 15 is 0 Å². The molecule has 0 fully saturated rings. The van der Waals surface area contributed by atoms with Crippen LogP contribution in [0.5, 0.6) is 0 Å². The van der Waals surface area contributed by atoms with Gasteiger partial charge in [0.1, 0.15) is 17.4 Å². The standard InChI is InChI=1S/C27H29ClN4O7S/c1-15(29-3)26(35)30-25-16(2)32(23(33)14-40(4,37)38)21-8-6-5-7-20(21)31(27(25)36)13-17-11-24(34)39-22-12-18(28)9-10-19(17)22/h5-12,15-16,25,29H,13-14H2,1-4H3,(H,30,35). The van der Waals surface area contributed by atoms with E-state index in [0.717, 1.165) is 6.26 Å². The Bertz CT molecular complexity index is 1660. The number of halogens is 1. The van der Waals surface area contributed by atoms with Gasteiger partial charge in [-0.25, -0.2) is 13.2 Å². The van der Waals surface area contributed by atoms with Gasteiger partial charge in [-0.05, 0) is 50.7 Å². The lowest BCUT2D eigenvalue weighted by Gasteiger charge is -2.32. The molecule has 0 spiro atoms. The number of carbonyl (C=O) groups is 3. The van der Waals surface area contributed by atoms with Crippen LogP contribution in [0.25, 0.3) is 11.0 Å². The largest absolute Gasteiger partial charge is 0.423 e. The minimum Gasteiger partial charge on any atom is -0.423 e. The van der Waals surface area contributed by atoms with E-state index in [9.17, 15) is 27.6 Å². The topological polar surface area (TPSA) is 146 Å². The van der Waals surface area contributed by atoms with Gasteiger partial charge in [0, 0.05) is 28.8 Å². The Morgan fingerprint density at radius 1 is 1.10 bits per heavy atom. The van der Waals surface area contributed by atoms with Crippen molar-refractivity contribution in [3.8, 4) is 0 Å². The highest BCUT2D eigenvalue weighted by atomic mass is 35.5. The molecule has 3 amide bonds. The molecule has 40 heavy (non-hydrogen) atoms. The molecule has 0 aliphatic carbocycles. The summed E-state index contributed by atoms with van der Waals surface area (Å²) in [5.41, 5.74) is 0.618. The van der Waals surface area contributed by atoms with Gasteiger partial charge in [0.25, 0.3) is 5.91 Å². The zero-order valence-corrected chi connectivity index (χ0v) is 23.9. The van der Waals surface area contributed by atoms with Crippen molar-refractivity contribution in [3.05, 3.63) is 69.5 Å². The summed E-state index contributed by atoms with van der Waals surface area (Å²) in [5.74, 6) is -2.59. The predicted octanol–water partition coefficient (Wildman–Crippen LogP) is 1.85. The molecule has 2 N–H and O–H groups in total. The summed E-state index contributed by atoms with van der Waals surface area (Å²) in [6.45, 7) is 3.07. The third-order valence-corrected chi connectivity index (χ3v) is 7.76. The maximum Gasteiger partial charge on any atom is 0.336 e. The highest BCUT2D eigenvalue weighted by Gasteiger charge is 2.42. The molecule has 3 unspecified atom stereocenters. The Hall–Kier alpha value is -3.74. The second kappa shape index (κ2) is 11.4. The molecule has 4 rings (SSSR count). The van der Waals surface area contributed by atoms with Gasteiger partial charge in [-0.1, -0.05) is 23.7 Å². The Labute approximate surface area is 236 Å². The average molecular weight is 589 g/mol. The Balaban J connectivity index is 1.90. The summed E-state index contributed by atoms with van der Waals surface area (Å²) in [6.07, 6.45) is 0.947. The molecule has 1 aliphatic rings. The number of nitrogens with zero attached hydrogens (tertiary/aromatic N) is 2. The molecule has 13 heteroatoms. The van der Waals surface area contributed by atoms with Gasteiger partial charge in [-0.3, -0.25) is 14.4 Å². The molecule has 1 aliphatic heterocycles. The summed E-state index contributed by atoms with van der Waals surface area (Å²) < 4.78 is 29.5. The molecule has 2 heterocycles. The lowest BCUT2D eigenvalue weighted by Crippen LogP contribution is -2.60. The number of hydrogen-bond donors (Lipinski definition) is 2. The van der Waals surface area contributed by atoms with Crippen LogP contribution in [-0.4, -0.2) is 63.3 Å². The quantitative estimate of drug-likeness (QED) is 0.398. The van der Waals surface area contributed by atoms with Crippen LogP contribution in [0.1, 0.15) is 19.4 Å². The minimum atomic E-state index is -3.72. The number of hydrogen-bond acceptors (Lipinski definition) is 8. The monoisotopic (exact) mass is 588 g/mol. The zero-order chi connectivity index (χ0) is 29.4. The molecule has 3 aromatic rings. The van der Waals surface area contributed by atoms with E-state index in [4.69, 9.17) is 16.0 Å². The molecule has 0 bridgehead atoms. The van der Waals surface area contributed by atoms with Gasteiger partial charge in [-0.15, -0.1) is 0 Å².